The van der Waals surface area contributed by atoms with Gasteiger partial charge in [0.25, 0.3) is 0 Å². The van der Waals surface area contributed by atoms with Crippen LogP contribution in [0.4, 0.5) is 0 Å². The maximum Gasteiger partial charge on any atom is 0.193 e. The highest BCUT2D eigenvalue weighted by atomic mass is 16.5. The van der Waals surface area contributed by atoms with Gasteiger partial charge in [0, 0.05) is 17.0 Å². The smallest absolute Gasteiger partial charge is 0.193 e. The molecule has 0 saturated carbocycles. The summed E-state index contributed by atoms with van der Waals surface area (Å²) in [5, 5.41) is 0. The fourth-order valence-electron chi connectivity index (χ4n) is 3.40. The number of hydrogen-bond acceptors (Lipinski definition) is 2. The van der Waals surface area contributed by atoms with E-state index in [9.17, 15) is 4.79 Å². The number of ether oxygens (including phenoxy) is 1. The Hall–Kier alpha value is -3.13. The zero-order valence-electron chi connectivity index (χ0n) is 14.0. The monoisotopic (exact) mass is 326 g/mol. The molecular formula is C23H18O2. The van der Waals surface area contributed by atoms with Gasteiger partial charge in [-0.25, -0.2) is 0 Å². The molecule has 0 spiro atoms. The van der Waals surface area contributed by atoms with E-state index < -0.39 is 0 Å². The van der Waals surface area contributed by atoms with E-state index in [1.165, 1.54) is 11.1 Å². The number of methoxy groups -OCH3 is 1. The minimum absolute atomic E-state index is 0.0206. The van der Waals surface area contributed by atoms with Gasteiger partial charge in [0.2, 0.25) is 0 Å². The molecule has 0 radical (unpaired) electrons. The maximum absolute atomic E-state index is 13.1. The van der Waals surface area contributed by atoms with Crippen LogP contribution in [-0.2, 0) is 0 Å². The first-order chi connectivity index (χ1) is 12.3. The molecule has 4 rings (SSSR count). The number of fused-ring (bicyclic) bond motifs is 1. The molecule has 0 amide bonds. The highest BCUT2D eigenvalue weighted by Gasteiger charge is 2.24. The van der Waals surface area contributed by atoms with Gasteiger partial charge in [-0.3, -0.25) is 4.79 Å². The third-order valence-corrected chi connectivity index (χ3v) is 4.68. The summed E-state index contributed by atoms with van der Waals surface area (Å²) in [6.07, 6.45) is 4.29. The van der Waals surface area contributed by atoms with Crippen LogP contribution in [0.1, 0.15) is 38.5 Å². The number of carbonyl (C=O) groups is 1. The molecule has 0 heterocycles. The third-order valence-electron chi connectivity index (χ3n) is 4.68. The zero-order chi connectivity index (χ0) is 17.2. The van der Waals surface area contributed by atoms with Gasteiger partial charge < -0.3 is 4.74 Å². The van der Waals surface area contributed by atoms with Crippen LogP contribution in [0.25, 0.3) is 6.08 Å². The summed E-state index contributed by atoms with van der Waals surface area (Å²) in [4.78, 5) is 13.1. The molecule has 2 heteroatoms. The second-order valence-electron chi connectivity index (χ2n) is 6.11. The normalized spacial score (nSPS) is 15.0. The molecule has 3 aromatic carbocycles. The second-order valence-corrected chi connectivity index (χ2v) is 6.11. The van der Waals surface area contributed by atoms with Crippen molar-refractivity contribution >= 4 is 11.9 Å². The van der Waals surface area contributed by atoms with Gasteiger partial charge in [0.05, 0.1) is 7.11 Å². The minimum atomic E-state index is 0.0206. The summed E-state index contributed by atoms with van der Waals surface area (Å²) in [5.41, 5.74) is 4.83. The SMILES string of the molecule is COc1ccc(C2C=Cc3ccccc32)c(C(=O)c2ccccc2)c1. The van der Waals surface area contributed by atoms with Crippen LogP contribution in [0.5, 0.6) is 5.75 Å². The molecule has 3 aromatic rings. The molecule has 2 nitrogen and oxygen atoms in total. The number of ketones is 1. The predicted molar refractivity (Wildman–Crippen MR) is 100 cm³/mol. The number of carbonyl (C=O) groups excluding carboxylic acids is 1. The molecule has 0 N–H and O–H groups in total. The predicted octanol–water partition coefficient (Wildman–Crippen LogP) is 5.08. The Balaban J connectivity index is 1.84. The van der Waals surface area contributed by atoms with Crippen molar-refractivity contribution in [3.63, 3.8) is 0 Å². The molecule has 1 unspecified atom stereocenters. The lowest BCUT2D eigenvalue weighted by Gasteiger charge is -2.17. The number of allylic oxidation sites excluding steroid dienone is 1. The zero-order valence-corrected chi connectivity index (χ0v) is 14.0. The molecule has 0 aromatic heterocycles. The molecule has 122 valence electrons. The minimum Gasteiger partial charge on any atom is -0.497 e. The van der Waals surface area contributed by atoms with Gasteiger partial charge in [0.1, 0.15) is 5.75 Å². The van der Waals surface area contributed by atoms with Crippen LogP contribution in [0.3, 0.4) is 0 Å². The van der Waals surface area contributed by atoms with Crippen molar-refractivity contribution in [2.24, 2.45) is 0 Å². The van der Waals surface area contributed by atoms with Crippen molar-refractivity contribution in [1.82, 2.24) is 0 Å². The van der Waals surface area contributed by atoms with Gasteiger partial charge in [-0.1, -0.05) is 72.8 Å². The number of hydrogen-bond donors (Lipinski definition) is 0. The highest BCUT2D eigenvalue weighted by Crippen LogP contribution is 2.38. The van der Waals surface area contributed by atoms with Crippen LogP contribution in [-0.4, -0.2) is 12.9 Å². The Labute approximate surface area is 147 Å². The van der Waals surface area contributed by atoms with E-state index in [-0.39, 0.29) is 11.7 Å². The summed E-state index contributed by atoms with van der Waals surface area (Å²) in [6.45, 7) is 0. The van der Waals surface area contributed by atoms with Gasteiger partial charge >= 0.3 is 0 Å². The van der Waals surface area contributed by atoms with Gasteiger partial charge in [-0.15, -0.1) is 0 Å². The van der Waals surface area contributed by atoms with E-state index in [1.807, 2.05) is 60.7 Å². The Morgan fingerprint density at radius 3 is 2.44 bits per heavy atom. The lowest BCUT2D eigenvalue weighted by Crippen LogP contribution is -2.09. The largest absolute Gasteiger partial charge is 0.497 e. The molecule has 0 saturated heterocycles. The molecule has 0 aliphatic heterocycles. The van der Waals surface area contributed by atoms with E-state index in [4.69, 9.17) is 4.74 Å². The number of benzene rings is 3. The quantitative estimate of drug-likeness (QED) is 0.625. The van der Waals surface area contributed by atoms with Crippen molar-refractivity contribution < 1.29 is 9.53 Å². The molecule has 1 atom stereocenters. The summed E-state index contributed by atoms with van der Waals surface area (Å²) < 4.78 is 5.36. The summed E-state index contributed by atoms with van der Waals surface area (Å²) >= 11 is 0. The second kappa shape index (κ2) is 6.40. The van der Waals surface area contributed by atoms with Crippen LogP contribution in [0.2, 0.25) is 0 Å². The van der Waals surface area contributed by atoms with Gasteiger partial charge in [-0.05, 0) is 28.8 Å². The van der Waals surface area contributed by atoms with Gasteiger partial charge in [0.15, 0.2) is 5.78 Å². The average molecular weight is 326 g/mol. The molecule has 1 aliphatic rings. The molecular weight excluding hydrogens is 308 g/mol. The maximum atomic E-state index is 13.1. The number of rotatable bonds is 4. The molecule has 1 aliphatic carbocycles. The summed E-state index contributed by atoms with van der Waals surface area (Å²) in [6, 6.07) is 23.5. The van der Waals surface area contributed by atoms with Crippen LogP contribution in [0, 0.1) is 0 Å². The van der Waals surface area contributed by atoms with E-state index in [1.54, 1.807) is 7.11 Å². The van der Waals surface area contributed by atoms with Crippen molar-refractivity contribution in [2.45, 2.75) is 5.92 Å². The van der Waals surface area contributed by atoms with Crippen molar-refractivity contribution in [2.75, 3.05) is 7.11 Å². The molecule has 0 bridgehead atoms. The molecule has 25 heavy (non-hydrogen) atoms. The Kier molecular flexibility index (Phi) is 3.95. The first kappa shape index (κ1) is 15.4. The van der Waals surface area contributed by atoms with Crippen molar-refractivity contribution in [1.29, 1.82) is 0 Å². The van der Waals surface area contributed by atoms with Crippen molar-refractivity contribution in [3.8, 4) is 5.75 Å². The van der Waals surface area contributed by atoms with Crippen LogP contribution in [0.15, 0.2) is 78.9 Å². The van der Waals surface area contributed by atoms with Crippen LogP contribution < -0.4 is 4.74 Å². The van der Waals surface area contributed by atoms with Crippen LogP contribution >= 0.6 is 0 Å². The topological polar surface area (TPSA) is 26.3 Å². The summed E-state index contributed by atoms with van der Waals surface area (Å²) in [7, 11) is 1.62. The van der Waals surface area contributed by atoms with E-state index in [0.717, 1.165) is 5.56 Å². The first-order valence-corrected chi connectivity index (χ1v) is 8.33. The van der Waals surface area contributed by atoms with E-state index in [2.05, 4.69) is 24.3 Å². The Bertz CT molecular complexity index is 955. The summed E-state index contributed by atoms with van der Waals surface area (Å²) in [5.74, 6) is 0.801. The Morgan fingerprint density at radius 2 is 1.64 bits per heavy atom. The first-order valence-electron chi connectivity index (χ1n) is 8.33. The van der Waals surface area contributed by atoms with E-state index in [0.29, 0.717) is 16.9 Å². The highest BCUT2D eigenvalue weighted by molar-refractivity contribution is 6.10. The van der Waals surface area contributed by atoms with E-state index >= 15 is 0 Å². The standard InChI is InChI=1S/C23H18O2/c1-25-18-12-14-21(20-13-11-16-7-5-6-10-19(16)20)22(15-18)23(24)17-8-3-2-4-9-17/h2-15,20H,1H3. The fraction of sp³-hybridized carbons (Fsp3) is 0.0870. The fourth-order valence-corrected chi connectivity index (χ4v) is 3.40. The third kappa shape index (κ3) is 2.76. The Morgan fingerprint density at radius 1 is 0.880 bits per heavy atom. The van der Waals surface area contributed by atoms with Crippen molar-refractivity contribution in [3.05, 3.63) is 107 Å². The lowest BCUT2D eigenvalue weighted by atomic mass is 9.87. The average Bonchev–Trinajstić information content (AvgIpc) is 3.11. The lowest BCUT2D eigenvalue weighted by molar-refractivity contribution is 0.103. The molecule has 0 fully saturated rings. The van der Waals surface area contributed by atoms with Gasteiger partial charge in [-0.2, -0.15) is 0 Å².